The van der Waals surface area contributed by atoms with Crippen molar-refractivity contribution < 1.29 is 14.7 Å². The highest BCUT2D eigenvalue weighted by Crippen LogP contribution is 2.29. The molecule has 1 aromatic rings. The molecule has 1 aliphatic heterocycles. The summed E-state index contributed by atoms with van der Waals surface area (Å²) in [5, 5.41) is 10.5. The maximum absolute atomic E-state index is 12.8. The first-order valence-corrected chi connectivity index (χ1v) is 7.49. The van der Waals surface area contributed by atoms with E-state index >= 15 is 0 Å². The van der Waals surface area contributed by atoms with Gasteiger partial charge in [-0.2, -0.15) is 0 Å². The van der Waals surface area contributed by atoms with E-state index in [2.05, 4.69) is 4.99 Å². The number of nitrogens with zero attached hydrogens (tertiary/aromatic N) is 2. The average molecular weight is 298 g/mol. The Kier molecular flexibility index (Phi) is 3.79. The molecule has 5 nitrogen and oxygen atoms in total. The number of piperidine rings is 1. The lowest BCUT2D eigenvalue weighted by Gasteiger charge is -2.29. The molecule has 1 amide bonds. The molecule has 1 N–H and O–H groups in total. The van der Waals surface area contributed by atoms with Crippen LogP contribution < -0.4 is 0 Å². The first kappa shape index (κ1) is 14.5. The zero-order valence-electron chi connectivity index (χ0n) is 12.5. The van der Waals surface area contributed by atoms with Gasteiger partial charge in [0.05, 0.1) is 0 Å². The second-order valence-electron chi connectivity index (χ2n) is 5.52. The van der Waals surface area contributed by atoms with Gasteiger partial charge in [-0.3, -0.25) is 14.6 Å². The van der Waals surface area contributed by atoms with Crippen LogP contribution in [0.1, 0.15) is 35.2 Å². The largest absolute Gasteiger partial charge is 0.506 e. The van der Waals surface area contributed by atoms with Crippen LogP contribution in [0.3, 0.4) is 0 Å². The number of amides is 1. The summed E-state index contributed by atoms with van der Waals surface area (Å²) in [6, 6.07) is 6.76. The van der Waals surface area contributed by atoms with Crippen molar-refractivity contribution in [3.05, 3.63) is 41.0 Å². The first-order chi connectivity index (χ1) is 10.6. The molecule has 0 radical (unpaired) electrons. The third-order valence-corrected chi connectivity index (χ3v) is 4.20. The van der Waals surface area contributed by atoms with Gasteiger partial charge < -0.3 is 10.0 Å². The van der Waals surface area contributed by atoms with Gasteiger partial charge in [0.25, 0.3) is 5.91 Å². The lowest BCUT2D eigenvalue weighted by molar-refractivity contribution is -0.127. The van der Waals surface area contributed by atoms with Gasteiger partial charge in [0, 0.05) is 31.3 Å². The van der Waals surface area contributed by atoms with Gasteiger partial charge in [-0.25, -0.2) is 0 Å². The van der Waals surface area contributed by atoms with Crippen LogP contribution in [0.15, 0.2) is 34.8 Å². The predicted molar refractivity (Wildman–Crippen MR) is 84.1 cm³/mol. The van der Waals surface area contributed by atoms with E-state index in [1.54, 1.807) is 29.2 Å². The van der Waals surface area contributed by atoms with Gasteiger partial charge in [0.15, 0.2) is 0 Å². The van der Waals surface area contributed by atoms with Gasteiger partial charge in [0.1, 0.15) is 17.0 Å². The molecule has 1 aliphatic carbocycles. The Hall–Kier alpha value is -2.43. The number of aliphatic hydroxyl groups is 1. The Morgan fingerprint density at radius 2 is 1.77 bits per heavy atom. The van der Waals surface area contributed by atoms with E-state index in [0.717, 1.165) is 19.3 Å². The van der Waals surface area contributed by atoms with E-state index in [9.17, 15) is 14.7 Å². The second-order valence-corrected chi connectivity index (χ2v) is 5.52. The maximum atomic E-state index is 12.8. The number of carbonyl (C=O) groups is 2. The SMILES string of the molecule is CN=C1C(=O)c2ccccc2C(O)=C1C(=O)N1CCCCC1. The molecule has 0 unspecified atom stereocenters. The topological polar surface area (TPSA) is 70.0 Å². The number of Topliss-reactive ketones (excluding diaryl/α,β-unsaturated/α-hetero) is 1. The molecule has 5 heteroatoms. The summed E-state index contributed by atoms with van der Waals surface area (Å²) < 4.78 is 0. The minimum absolute atomic E-state index is 0.0353. The fourth-order valence-corrected chi connectivity index (χ4v) is 3.05. The molecule has 0 bridgehead atoms. The molecule has 114 valence electrons. The molecule has 0 atom stereocenters. The van der Waals surface area contributed by atoms with Crippen molar-refractivity contribution in [1.29, 1.82) is 0 Å². The molecule has 1 heterocycles. The molecule has 2 aliphatic rings. The van der Waals surface area contributed by atoms with E-state index in [-0.39, 0.29) is 28.7 Å². The molecule has 0 spiro atoms. The van der Waals surface area contributed by atoms with Crippen LogP contribution in [0.5, 0.6) is 0 Å². The number of hydrogen-bond donors (Lipinski definition) is 1. The molecule has 1 saturated heterocycles. The fraction of sp³-hybridized carbons (Fsp3) is 0.353. The summed E-state index contributed by atoms with van der Waals surface area (Å²) in [5.41, 5.74) is 0.871. The molecule has 22 heavy (non-hydrogen) atoms. The predicted octanol–water partition coefficient (Wildman–Crippen LogP) is 2.24. The van der Waals surface area contributed by atoms with Crippen molar-refractivity contribution in [3.63, 3.8) is 0 Å². The Bertz CT molecular complexity index is 698. The standard InChI is InChI=1S/C17H18N2O3/c1-18-14-13(17(22)19-9-5-2-6-10-19)15(20)11-7-3-4-8-12(11)16(14)21/h3-4,7-8,20H,2,5-6,9-10H2,1H3. The van der Waals surface area contributed by atoms with Gasteiger partial charge in [0.2, 0.25) is 5.78 Å². The van der Waals surface area contributed by atoms with Crippen molar-refractivity contribution in [1.82, 2.24) is 4.90 Å². The van der Waals surface area contributed by atoms with Crippen LogP contribution in [-0.2, 0) is 4.79 Å². The highest BCUT2D eigenvalue weighted by atomic mass is 16.3. The third kappa shape index (κ3) is 2.22. The van der Waals surface area contributed by atoms with Crippen molar-refractivity contribution in [3.8, 4) is 0 Å². The number of likely N-dealkylation sites (tertiary alicyclic amines) is 1. The van der Waals surface area contributed by atoms with Crippen molar-refractivity contribution in [2.75, 3.05) is 20.1 Å². The Morgan fingerprint density at radius 3 is 2.41 bits per heavy atom. The summed E-state index contributed by atoms with van der Waals surface area (Å²) in [4.78, 5) is 31.0. The summed E-state index contributed by atoms with van der Waals surface area (Å²) in [5.74, 6) is -0.761. The van der Waals surface area contributed by atoms with Crippen molar-refractivity contribution in [2.24, 2.45) is 4.99 Å². The number of hydrogen-bond acceptors (Lipinski definition) is 4. The zero-order valence-corrected chi connectivity index (χ0v) is 12.5. The van der Waals surface area contributed by atoms with Crippen LogP contribution in [-0.4, -0.2) is 47.5 Å². The van der Waals surface area contributed by atoms with Crippen LogP contribution in [0, 0.1) is 0 Å². The van der Waals surface area contributed by atoms with Gasteiger partial charge in [-0.15, -0.1) is 0 Å². The number of carbonyl (C=O) groups excluding carboxylic acids is 2. The Morgan fingerprint density at radius 1 is 1.14 bits per heavy atom. The summed E-state index contributed by atoms with van der Waals surface area (Å²) in [7, 11) is 1.47. The van der Waals surface area contributed by atoms with E-state index in [1.807, 2.05) is 0 Å². The normalized spacial score (nSPS) is 20.3. The number of aliphatic hydroxyl groups excluding tert-OH is 1. The molecular weight excluding hydrogens is 280 g/mol. The quantitative estimate of drug-likeness (QED) is 0.864. The number of rotatable bonds is 1. The Balaban J connectivity index is 2.11. The van der Waals surface area contributed by atoms with Crippen LogP contribution >= 0.6 is 0 Å². The average Bonchev–Trinajstić information content (AvgIpc) is 2.58. The fourth-order valence-electron chi connectivity index (χ4n) is 3.05. The molecule has 3 rings (SSSR count). The van der Waals surface area contributed by atoms with Gasteiger partial charge >= 0.3 is 0 Å². The minimum Gasteiger partial charge on any atom is -0.506 e. The molecule has 1 fully saturated rings. The highest BCUT2D eigenvalue weighted by Gasteiger charge is 2.36. The molecule has 1 aromatic carbocycles. The first-order valence-electron chi connectivity index (χ1n) is 7.49. The molecular formula is C17H18N2O3. The number of ketones is 1. The van der Waals surface area contributed by atoms with Crippen LogP contribution in [0.2, 0.25) is 0 Å². The maximum Gasteiger partial charge on any atom is 0.259 e. The highest BCUT2D eigenvalue weighted by molar-refractivity contribution is 6.59. The number of fused-ring (bicyclic) bond motifs is 1. The van der Waals surface area contributed by atoms with E-state index in [1.165, 1.54) is 7.05 Å². The second kappa shape index (κ2) is 5.75. The minimum atomic E-state index is -0.309. The lowest BCUT2D eigenvalue weighted by Crippen LogP contribution is -2.41. The van der Waals surface area contributed by atoms with E-state index in [4.69, 9.17) is 0 Å². The Labute approximate surface area is 129 Å². The summed E-state index contributed by atoms with van der Waals surface area (Å²) in [6.07, 6.45) is 3.00. The zero-order chi connectivity index (χ0) is 15.7. The van der Waals surface area contributed by atoms with E-state index < -0.39 is 0 Å². The lowest BCUT2D eigenvalue weighted by atomic mass is 9.87. The van der Waals surface area contributed by atoms with E-state index in [0.29, 0.717) is 24.2 Å². The van der Waals surface area contributed by atoms with Crippen LogP contribution in [0.4, 0.5) is 0 Å². The number of aliphatic imine (C=N–C) groups is 1. The molecule has 0 aromatic heterocycles. The smallest absolute Gasteiger partial charge is 0.259 e. The monoisotopic (exact) mass is 298 g/mol. The van der Waals surface area contributed by atoms with Crippen molar-refractivity contribution in [2.45, 2.75) is 19.3 Å². The summed E-state index contributed by atoms with van der Waals surface area (Å²) >= 11 is 0. The van der Waals surface area contributed by atoms with Crippen molar-refractivity contribution >= 4 is 23.2 Å². The summed E-state index contributed by atoms with van der Waals surface area (Å²) in [6.45, 7) is 1.31. The van der Waals surface area contributed by atoms with Gasteiger partial charge in [-0.1, -0.05) is 24.3 Å². The van der Waals surface area contributed by atoms with Gasteiger partial charge in [-0.05, 0) is 19.3 Å². The van der Waals surface area contributed by atoms with Crippen LogP contribution in [0.25, 0.3) is 5.76 Å². The molecule has 0 saturated carbocycles. The third-order valence-electron chi connectivity index (χ3n) is 4.20. The number of benzene rings is 1.